The monoisotopic (exact) mass is 381 g/mol. The van der Waals surface area contributed by atoms with E-state index in [2.05, 4.69) is 40.7 Å². The molecule has 1 saturated heterocycles. The molecule has 1 aliphatic heterocycles. The third kappa shape index (κ3) is 3.67. The zero-order chi connectivity index (χ0) is 19.1. The van der Waals surface area contributed by atoms with Crippen molar-refractivity contribution in [3.8, 4) is 0 Å². The first kappa shape index (κ1) is 19.0. The van der Waals surface area contributed by atoms with Gasteiger partial charge >= 0.3 is 0 Å². The van der Waals surface area contributed by atoms with Crippen LogP contribution in [0.15, 0.2) is 17.6 Å². The van der Waals surface area contributed by atoms with Crippen molar-refractivity contribution in [3.05, 3.63) is 24.2 Å². The van der Waals surface area contributed by atoms with E-state index < -0.39 is 10.0 Å². The largest absolute Gasteiger partial charge is 0.337 e. The molecule has 0 aliphatic carbocycles. The number of hydrogen-bond acceptors (Lipinski definition) is 6. The molecule has 0 aromatic carbocycles. The molecule has 0 atom stereocenters. The predicted molar refractivity (Wildman–Crippen MR) is 97.0 cm³/mol. The molecule has 0 amide bonds. The Morgan fingerprint density at radius 3 is 2.35 bits per heavy atom. The van der Waals surface area contributed by atoms with Gasteiger partial charge in [0, 0.05) is 39.4 Å². The van der Waals surface area contributed by atoms with E-state index in [1.807, 2.05) is 4.68 Å². The van der Waals surface area contributed by atoms with Crippen molar-refractivity contribution in [1.82, 2.24) is 33.5 Å². The Bertz CT molecular complexity index is 851. The van der Waals surface area contributed by atoms with E-state index in [0.717, 1.165) is 5.82 Å². The zero-order valence-electron chi connectivity index (χ0n) is 16.0. The molecule has 9 nitrogen and oxygen atoms in total. The number of aryl methyl sites for hydroxylation is 2. The van der Waals surface area contributed by atoms with Gasteiger partial charge in [0.2, 0.25) is 0 Å². The van der Waals surface area contributed by atoms with E-state index in [-0.39, 0.29) is 10.6 Å². The van der Waals surface area contributed by atoms with Crippen LogP contribution >= 0.6 is 0 Å². The van der Waals surface area contributed by atoms with Gasteiger partial charge in [-0.3, -0.25) is 4.90 Å². The maximum Gasteiger partial charge on any atom is 0.262 e. The van der Waals surface area contributed by atoms with Crippen molar-refractivity contribution in [2.45, 2.75) is 44.8 Å². The Balaban J connectivity index is 1.65. The average molecular weight is 382 g/mol. The maximum atomic E-state index is 12.8. The minimum Gasteiger partial charge on any atom is -0.337 e. The molecule has 0 spiro atoms. The molecular weight excluding hydrogens is 354 g/mol. The van der Waals surface area contributed by atoms with E-state index in [4.69, 9.17) is 0 Å². The Kier molecular flexibility index (Phi) is 4.93. The van der Waals surface area contributed by atoms with Crippen molar-refractivity contribution in [2.75, 3.05) is 26.2 Å². The molecule has 2 aromatic rings. The molecule has 10 heteroatoms. The van der Waals surface area contributed by atoms with Gasteiger partial charge in [-0.2, -0.15) is 9.40 Å². The number of hydrogen-bond donors (Lipinski definition) is 0. The number of sulfonamides is 1. The Morgan fingerprint density at radius 1 is 1.15 bits per heavy atom. The standard InChI is InChI=1S/C16H27N7O2S/c1-13-19-15(11-20(13)5)26(24,25)22-8-6-21(7-9-22)10-14-17-12-18-23(14)16(2,3)4/h11-12H,6-10H2,1-5H3. The van der Waals surface area contributed by atoms with Gasteiger partial charge in [-0.1, -0.05) is 0 Å². The molecule has 0 unspecified atom stereocenters. The van der Waals surface area contributed by atoms with Crippen LogP contribution in [0.25, 0.3) is 0 Å². The second kappa shape index (κ2) is 6.75. The zero-order valence-corrected chi connectivity index (χ0v) is 16.9. The topological polar surface area (TPSA) is 89.2 Å². The fraction of sp³-hybridized carbons (Fsp3) is 0.688. The summed E-state index contributed by atoms with van der Waals surface area (Å²) in [4.78, 5) is 10.8. The summed E-state index contributed by atoms with van der Waals surface area (Å²) in [5, 5.41) is 4.44. The molecule has 3 heterocycles. The lowest BCUT2D eigenvalue weighted by atomic mass is 10.1. The molecular formula is C16H27N7O2S. The smallest absolute Gasteiger partial charge is 0.262 e. The van der Waals surface area contributed by atoms with Crippen molar-refractivity contribution in [2.24, 2.45) is 7.05 Å². The van der Waals surface area contributed by atoms with Crippen LogP contribution < -0.4 is 0 Å². The Morgan fingerprint density at radius 2 is 1.81 bits per heavy atom. The highest BCUT2D eigenvalue weighted by atomic mass is 32.2. The lowest BCUT2D eigenvalue weighted by molar-refractivity contribution is 0.171. The molecule has 144 valence electrons. The third-order valence-corrected chi connectivity index (χ3v) is 6.41. The van der Waals surface area contributed by atoms with Gasteiger partial charge in [0.15, 0.2) is 5.03 Å². The minimum atomic E-state index is -3.54. The summed E-state index contributed by atoms with van der Waals surface area (Å²) in [5.74, 6) is 1.58. The van der Waals surface area contributed by atoms with Crippen molar-refractivity contribution >= 4 is 10.0 Å². The van der Waals surface area contributed by atoms with Crippen LogP contribution in [0, 0.1) is 6.92 Å². The van der Waals surface area contributed by atoms with Crippen LogP contribution in [-0.4, -0.2) is 68.1 Å². The number of nitrogens with zero attached hydrogens (tertiary/aromatic N) is 7. The van der Waals surface area contributed by atoms with E-state index >= 15 is 0 Å². The van der Waals surface area contributed by atoms with E-state index in [1.165, 1.54) is 4.31 Å². The Hall–Kier alpha value is -1.78. The molecule has 1 aliphatic rings. The number of rotatable bonds is 4. The first-order valence-corrected chi connectivity index (χ1v) is 10.1. The summed E-state index contributed by atoms with van der Waals surface area (Å²) in [5.41, 5.74) is -0.131. The van der Waals surface area contributed by atoms with Crippen LogP contribution in [0.2, 0.25) is 0 Å². The molecule has 0 bridgehead atoms. The van der Waals surface area contributed by atoms with Gasteiger partial charge in [-0.05, 0) is 27.7 Å². The number of aromatic nitrogens is 5. The van der Waals surface area contributed by atoms with Crippen molar-refractivity contribution < 1.29 is 8.42 Å². The second-order valence-electron chi connectivity index (χ2n) is 7.68. The number of piperazine rings is 1. The molecule has 0 N–H and O–H groups in total. The summed E-state index contributed by atoms with van der Waals surface area (Å²) in [6.45, 7) is 10.9. The fourth-order valence-corrected chi connectivity index (χ4v) is 4.49. The van der Waals surface area contributed by atoms with Gasteiger partial charge in [-0.15, -0.1) is 0 Å². The van der Waals surface area contributed by atoms with E-state index in [9.17, 15) is 8.42 Å². The quantitative estimate of drug-likeness (QED) is 0.770. The first-order valence-electron chi connectivity index (χ1n) is 8.71. The van der Waals surface area contributed by atoms with Gasteiger partial charge in [0.25, 0.3) is 10.0 Å². The lowest BCUT2D eigenvalue weighted by Crippen LogP contribution is -2.48. The highest BCUT2D eigenvalue weighted by Crippen LogP contribution is 2.19. The van der Waals surface area contributed by atoms with Gasteiger partial charge in [-0.25, -0.2) is 23.1 Å². The fourth-order valence-electron chi connectivity index (χ4n) is 3.04. The highest BCUT2D eigenvalue weighted by molar-refractivity contribution is 7.89. The summed E-state index contributed by atoms with van der Waals surface area (Å²) in [7, 11) is -1.74. The minimum absolute atomic E-state index is 0.124. The number of imidazole rings is 1. The molecule has 1 fully saturated rings. The van der Waals surface area contributed by atoms with Crippen LogP contribution in [0.3, 0.4) is 0 Å². The summed E-state index contributed by atoms with van der Waals surface area (Å²) >= 11 is 0. The highest BCUT2D eigenvalue weighted by Gasteiger charge is 2.31. The van der Waals surface area contributed by atoms with Gasteiger partial charge in [0.1, 0.15) is 18.0 Å². The van der Waals surface area contributed by atoms with Crippen LogP contribution in [0.5, 0.6) is 0 Å². The van der Waals surface area contributed by atoms with Crippen molar-refractivity contribution in [1.29, 1.82) is 0 Å². The molecule has 26 heavy (non-hydrogen) atoms. The summed E-state index contributed by atoms with van der Waals surface area (Å²) in [6.07, 6.45) is 3.15. The summed E-state index contributed by atoms with van der Waals surface area (Å²) in [6, 6.07) is 0. The summed E-state index contributed by atoms with van der Waals surface area (Å²) < 4.78 is 30.7. The average Bonchev–Trinajstić information content (AvgIpc) is 3.15. The van der Waals surface area contributed by atoms with E-state index in [0.29, 0.717) is 38.5 Å². The first-order chi connectivity index (χ1) is 12.1. The molecule has 0 radical (unpaired) electrons. The van der Waals surface area contributed by atoms with Gasteiger partial charge < -0.3 is 4.57 Å². The van der Waals surface area contributed by atoms with Crippen molar-refractivity contribution in [3.63, 3.8) is 0 Å². The van der Waals surface area contributed by atoms with Crippen LogP contribution in [-0.2, 0) is 29.2 Å². The maximum absolute atomic E-state index is 12.8. The van der Waals surface area contributed by atoms with Crippen LogP contribution in [0.4, 0.5) is 0 Å². The normalized spacial score (nSPS) is 17.7. The molecule has 0 saturated carbocycles. The second-order valence-corrected chi connectivity index (χ2v) is 9.56. The predicted octanol–water partition coefficient (Wildman–Crippen LogP) is 0.582. The molecule has 3 rings (SSSR count). The lowest BCUT2D eigenvalue weighted by Gasteiger charge is -2.33. The molecule has 2 aromatic heterocycles. The van der Waals surface area contributed by atoms with E-state index in [1.54, 1.807) is 31.1 Å². The SMILES string of the molecule is Cc1nc(S(=O)(=O)N2CCN(Cc3ncnn3C(C)(C)C)CC2)cn1C. The van der Waals surface area contributed by atoms with Gasteiger partial charge in [0.05, 0.1) is 12.1 Å². The Labute approximate surface area is 154 Å². The van der Waals surface area contributed by atoms with Crippen LogP contribution in [0.1, 0.15) is 32.4 Å². The third-order valence-electron chi connectivity index (χ3n) is 4.64.